The van der Waals surface area contributed by atoms with Gasteiger partial charge in [0.2, 0.25) is 0 Å². The van der Waals surface area contributed by atoms with E-state index in [-0.39, 0.29) is 11.3 Å². The number of benzene rings is 2. The Balaban J connectivity index is 2.13. The number of hydrogen-bond donors (Lipinski definition) is 2. The van der Waals surface area contributed by atoms with Crippen molar-refractivity contribution in [2.24, 2.45) is 0 Å². The first-order chi connectivity index (χ1) is 10.2. The van der Waals surface area contributed by atoms with Gasteiger partial charge in [-0.3, -0.25) is 4.98 Å². The number of halogens is 1. The third-order valence-electron chi connectivity index (χ3n) is 3.14. The molecule has 3 rings (SSSR count). The maximum Gasteiger partial charge on any atom is 0.337 e. The van der Waals surface area contributed by atoms with Gasteiger partial charge in [0.25, 0.3) is 0 Å². The maximum absolute atomic E-state index is 13.9. The molecule has 2 N–H and O–H groups in total. The Labute approximate surface area is 119 Å². The maximum atomic E-state index is 13.9. The minimum atomic E-state index is -1.19. The van der Waals surface area contributed by atoms with E-state index in [1.54, 1.807) is 24.4 Å². The number of fused-ring (bicyclic) bond motifs is 1. The van der Waals surface area contributed by atoms with Gasteiger partial charge >= 0.3 is 5.97 Å². The van der Waals surface area contributed by atoms with Gasteiger partial charge in [0.1, 0.15) is 5.82 Å². The van der Waals surface area contributed by atoms with Crippen molar-refractivity contribution in [2.45, 2.75) is 0 Å². The Morgan fingerprint density at radius 1 is 1.10 bits per heavy atom. The lowest BCUT2D eigenvalue weighted by molar-refractivity contribution is 0.0697. The van der Waals surface area contributed by atoms with Crippen LogP contribution in [0.5, 0.6) is 0 Å². The van der Waals surface area contributed by atoms with Crippen LogP contribution >= 0.6 is 0 Å². The van der Waals surface area contributed by atoms with Gasteiger partial charge in [-0.15, -0.1) is 0 Å². The third kappa shape index (κ3) is 2.41. The summed E-state index contributed by atoms with van der Waals surface area (Å²) in [4.78, 5) is 15.5. The molecular weight excluding hydrogens is 271 g/mol. The standard InChI is InChI=1S/C16H11FN2O2/c17-12-7-2-6-11(16(20)21)15(12)19-13-8-1-4-10-5-3-9-18-14(10)13/h1-9,19H,(H,20,21). The van der Waals surface area contributed by atoms with Crippen molar-refractivity contribution in [3.63, 3.8) is 0 Å². The van der Waals surface area contributed by atoms with Crippen molar-refractivity contribution in [3.05, 3.63) is 66.1 Å². The molecule has 0 saturated carbocycles. The van der Waals surface area contributed by atoms with Crippen LogP contribution in [-0.4, -0.2) is 16.1 Å². The molecule has 21 heavy (non-hydrogen) atoms. The quantitative estimate of drug-likeness (QED) is 0.766. The normalized spacial score (nSPS) is 10.5. The third-order valence-corrected chi connectivity index (χ3v) is 3.14. The summed E-state index contributed by atoms with van der Waals surface area (Å²) in [5, 5.41) is 12.9. The van der Waals surface area contributed by atoms with Crippen LogP contribution in [0, 0.1) is 5.82 Å². The monoisotopic (exact) mass is 282 g/mol. The van der Waals surface area contributed by atoms with E-state index in [2.05, 4.69) is 10.3 Å². The van der Waals surface area contributed by atoms with E-state index in [0.717, 1.165) is 5.39 Å². The van der Waals surface area contributed by atoms with Gasteiger partial charge in [-0.25, -0.2) is 9.18 Å². The Morgan fingerprint density at radius 3 is 2.67 bits per heavy atom. The van der Waals surface area contributed by atoms with Crippen LogP contribution < -0.4 is 5.32 Å². The van der Waals surface area contributed by atoms with Gasteiger partial charge < -0.3 is 10.4 Å². The molecule has 1 heterocycles. The molecule has 0 radical (unpaired) electrons. The molecule has 0 atom stereocenters. The van der Waals surface area contributed by atoms with Crippen LogP contribution in [0.25, 0.3) is 10.9 Å². The number of pyridine rings is 1. The molecule has 5 heteroatoms. The molecule has 0 aliphatic rings. The number of carbonyl (C=O) groups is 1. The number of rotatable bonds is 3. The summed E-state index contributed by atoms with van der Waals surface area (Å²) in [5.41, 5.74) is 1.02. The number of carboxylic acids is 1. The van der Waals surface area contributed by atoms with E-state index < -0.39 is 11.8 Å². The fourth-order valence-corrected chi connectivity index (χ4v) is 2.17. The Kier molecular flexibility index (Phi) is 3.23. The van der Waals surface area contributed by atoms with Crippen molar-refractivity contribution in [2.75, 3.05) is 5.32 Å². The number of nitrogens with zero attached hydrogens (tertiary/aromatic N) is 1. The van der Waals surface area contributed by atoms with Crippen molar-refractivity contribution < 1.29 is 14.3 Å². The Morgan fingerprint density at radius 2 is 1.86 bits per heavy atom. The summed E-state index contributed by atoms with van der Waals surface area (Å²) in [6, 6.07) is 13.0. The van der Waals surface area contributed by atoms with E-state index in [9.17, 15) is 9.18 Å². The predicted octanol–water partition coefficient (Wildman–Crippen LogP) is 3.82. The van der Waals surface area contributed by atoms with Crippen LogP contribution in [0.2, 0.25) is 0 Å². The molecule has 104 valence electrons. The smallest absolute Gasteiger partial charge is 0.337 e. The molecule has 0 aliphatic carbocycles. The average Bonchev–Trinajstić information content (AvgIpc) is 2.49. The fourth-order valence-electron chi connectivity index (χ4n) is 2.17. The number of hydrogen-bond acceptors (Lipinski definition) is 3. The summed E-state index contributed by atoms with van der Waals surface area (Å²) in [5.74, 6) is -1.81. The Bertz CT molecular complexity index is 828. The highest BCUT2D eigenvalue weighted by molar-refractivity contribution is 5.98. The summed E-state index contributed by atoms with van der Waals surface area (Å²) >= 11 is 0. The molecule has 0 fully saturated rings. The lowest BCUT2D eigenvalue weighted by Crippen LogP contribution is -2.05. The molecule has 0 aliphatic heterocycles. The number of anilines is 2. The second kappa shape index (κ2) is 5.20. The zero-order valence-corrected chi connectivity index (χ0v) is 10.9. The average molecular weight is 282 g/mol. The van der Waals surface area contributed by atoms with Gasteiger partial charge in [0, 0.05) is 11.6 Å². The van der Waals surface area contributed by atoms with Gasteiger partial charge in [-0.1, -0.05) is 24.3 Å². The van der Waals surface area contributed by atoms with Gasteiger partial charge in [0.15, 0.2) is 0 Å². The zero-order valence-electron chi connectivity index (χ0n) is 10.9. The number of aromatic nitrogens is 1. The SMILES string of the molecule is O=C(O)c1cccc(F)c1Nc1cccc2cccnc12. The zero-order chi connectivity index (χ0) is 14.8. The van der Waals surface area contributed by atoms with Crippen LogP contribution in [0.15, 0.2) is 54.7 Å². The highest BCUT2D eigenvalue weighted by atomic mass is 19.1. The molecule has 4 nitrogen and oxygen atoms in total. The van der Waals surface area contributed by atoms with E-state index in [4.69, 9.17) is 5.11 Å². The molecule has 0 spiro atoms. The largest absolute Gasteiger partial charge is 0.478 e. The Hall–Kier alpha value is -2.95. The number of nitrogens with one attached hydrogen (secondary N) is 1. The number of aromatic carboxylic acids is 1. The van der Waals surface area contributed by atoms with Crippen LogP contribution in [0.1, 0.15) is 10.4 Å². The predicted molar refractivity (Wildman–Crippen MR) is 78.4 cm³/mol. The van der Waals surface area contributed by atoms with Crippen molar-refractivity contribution >= 4 is 28.2 Å². The molecule has 0 amide bonds. The minimum absolute atomic E-state index is 0.0665. The first-order valence-corrected chi connectivity index (χ1v) is 6.29. The number of carboxylic acid groups (broad SMARTS) is 1. The summed E-state index contributed by atoms with van der Waals surface area (Å²) in [6.45, 7) is 0. The minimum Gasteiger partial charge on any atom is -0.478 e. The van der Waals surface area contributed by atoms with Crippen LogP contribution in [0.3, 0.4) is 0 Å². The second-order valence-corrected chi connectivity index (χ2v) is 4.47. The van der Waals surface area contributed by atoms with Crippen LogP contribution in [-0.2, 0) is 0 Å². The molecule has 3 aromatic rings. The van der Waals surface area contributed by atoms with Crippen molar-refractivity contribution in [3.8, 4) is 0 Å². The molecule has 0 bridgehead atoms. The fraction of sp³-hybridized carbons (Fsp3) is 0. The molecule has 0 saturated heterocycles. The molecular formula is C16H11FN2O2. The number of para-hydroxylation sites is 2. The van der Waals surface area contributed by atoms with E-state index in [0.29, 0.717) is 11.2 Å². The van der Waals surface area contributed by atoms with E-state index in [1.165, 1.54) is 18.2 Å². The van der Waals surface area contributed by atoms with Gasteiger partial charge in [-0.05, 0) is 24.3 Å². The second-order valence-electron chi connectivity index (χ2n) is 4.47. The van der Waals surface area contributed by atoms with E-state index >= 15 is 0 Å². The highest BCUT2D eigenvalue weighted by Crippen LogP contribution is 2.28. The topological polar surface area (TPSA) is 62.2 Å². The molecule has 2 aromatic carbocycles. The van der Waals surface area contributed by atoms with Crippen molar-refractivity contribution in [1.82, 2.24) is 4.98 Å². The van der Waals surface area contributed by atoms with Gasteiger partial charge in [0.05, 0.1) is 22.5 Å². The lowest BCUT2D eigenvalue weighted by atomic mass is 10.1. The molecule has 1 aromatic heterocycles. The highest BCUT2D eigenvalue weighted by Gasteiger charge is 2.15. The van der Waals surface area contributed by atoms with Crippen molar-refractivity contribution in [1.29, 1.82) is 0 Å². The summed E-state index contributed by atoms with van der Waals surface area (Å²) < 4.78 is 13.9. The first kappa shape index (κ1) is 13.1. The molecule has 0 unspecified atom stereocenters. The first-order valence-electron chi connectivity index (χ1n) is 6.29. The lowest BCUT2D eigenvalue weighted by Gasteiger charge is -2.12. The van der Waals surface area contributed by atoms with Crippen LogP contribution in [0.4, 0.5) is 15.8 Å². The summed E-state index contributed by atoms with van der Waals surface area (Å²) in [6.07, 6.45) is 1.63. The summed E-state index contributed by atoms with van der Waals surface area (Å²) in [7, 11) is 0. The van der Waals surface area contributed by atoms with E-state index in [1.807, 2.05) is 12.1 Å². The van der Waals surface area contributed by atoms with Gasteiger partial charge in [-0.2, -0.15) is 0 Å².